The number of rotatable bonds is 7. The number of halogens is 1. The highest BCUT2D eigenvalue weighted by molar-refractivity contribution is 9.10. The number of methoxy groups -OCH3 is 1. The molecule has 2 aromatic carbocycles. The van der Waals surface area contributed by atoms with Crippen LogP contribution >= 0.6 is 15.9 Å². The summed E-state index contributed by atoms with van der Waals surface area (Å²) in [5, 5.41) is 3.64. The minimum atomic E-state index is 0.339. The maximum absolute atomic E-state index is 5.28. The predicted octanol–water partition coefficient (Wildman–Crippen LogP) is 5.80. The van der Waals surface area contributed by atoms with Crippen molar-refractivity contribution in [2.75, 3.05) is 12.4 Å². The lowest BCUT2D eigenvalue weighted by Gasteiger charge is -2.21. The van der Waals surface area contributed by atoms with E-state index in [-0.39, 0.29) is 0 Å². The van der Waals surface area contributed by atoms with Crippen molar-refractivity contribution in [3.8, 4) is 5.75 Å². The summed E-state index contributed by atoms with van der Waals surface area (Å²) in [4.78, 5) is 0. The molecule has 0 aliphatic carbocycles. The summed E-state index contributed by atoms with van der Waals surface area (Å²) in [5.41, 5.74) is 2.44. The second-order valence-electron chi connectivity index (χ2n) is 5.10. The summed E-state index contributed by atoms with van der Waals surface area (Å²) in [5.74, 6) is 0.852. The Hall–Kier alpha value is -1.48. The Bertz CT molecular complexity index is 556. The van der Waals surface area contributed by atoms with Crippen LogP contribution in [-0.4, -0.2) is 7.11 Å². The molecule has 0 heterocycles. The predicted molar refractivity (Wildman–Crippen MR) is 93.0 cm³/mol. The van der Waals surface area contributed by atoms with Crippen molar-refractivity contribution in [3.63, 3.8) is 0 Å². The van der Waals surface area contributed by atoms with Gasteiger partial charge in [0, 0.05) is 5.69 Å². The van der Waals surface area contributed by atoms with Gasteiger partial charge in [0.15, 0.2) is 0 Å². The van der Waals surface area contributed by atoms with Crippen LogP contribution in [0.15, 0.2) is 53.0 Å². The minimum absolute atomic E-state index is 0.339. The number of hydrogen-bond donors (Lipinski definition) is 1. The molecule has 0 aliphatic heterocycles. The van der Waals surface area contributed by atoms with Crippen LogP contribution in [0.5, 0.6) is 5.75 Å². The Morgan fingerprint density at radius 1 is 1.14 bits per heavy atom. The number of anilines is 1. The van der Waals surface area contributed by atoms with Crippen LogP contribution in [0.1, 0.15) is 37.8 Å². The van der Waals surface area contributed by atoms with Gasteiger partial charge in [0.2, 0.25) is 0 Å². The van der Waals surface area contributed by atoms with Gasteiger partial charge in [0.25, 0.3) is 0 Å². The van der Waals surface area contributed by atoms with Crippen molar-refractivity contribution in [3.05, 3.63) is 58.6 Å². The molecule has 0 amide bonds. The molecule has 2 aromatic rings. The van der Waals surface area contributed by atoms with E-state index in [1.807, 2.05) is 6.07 Å². The lowest BCUT2D eigenvalue weighted by molar-refractivity contribution is 0.412. The van der Waals surface area contributed by atoms with Gasteiger partial charge in [-0.25, -0.2) is 0 Å². The second-order valence-corrected chi connectivity index (χ2v) is 5.95. The molecule has 1 N–H and O–H groups in total. The average Bonchev–Trinajstić information content (AvgIpc) is 2.52. The van der Waals surface area contributed by atoms with Gasteiger partial charge < -0.3 is 10.1 Å². The van der Waals surface area contributed by atoms with Crippen LogP contribution in [0.25, 0.3) is 0 Å². The molecule has 0 spiro atoms. The average molecular weight is 348 g/mol. The standard InChI is InChI=1S/C18H22BrNO/c1-3-4-10-17(14-8-6-5-7-9-14)20-15-11-12-18(21-2)16(19)13-15/h5-9,11-13,17,20H,3-4,10H2,1-2H3. The van der Waals surface area contributed by atoms with Gasteiger partial charge in [-0.3, -0.25) is 0 Å². The van der Waals surface area contributed by atoms with Crippen molar-refractivity contribution >= 4 is 21.6 Å². The fourth-order valence-electron chi connectivity index (χ4n) is 2.37. The van der Waals surface area contributed by atoms with E-state index >= 15 is 0 Å². The number of benzene rings is 2. The molecule has 3 heteroatoms. The molecular weight excluding hydrogens is 326 g/mol. The van der Waals surface area contributed by atoms with Gasteiger partial charge >= 0.3 is 0 Å². The maximum Gasteiger partial charge on any atom is 0.133 e. The first-order valence-corrected chi connectivity index (χ1v) is 8.19. The fourth-order valence-corrected chi connectivity index (χ4v) is 2.91. The second kappa shape index (κ2) is 8.08. The zero-order valence-electron chi connectivity index (χ0n) is 12.6. The topological polar surface area (TPSA) is 21.3 Å². The highest BCUT2D eigenvalue weighted by Crippen LogP contribution is 2.31. The summed E-state index contributed by atoms with van der Waals surface area (Å²) >= 11 is 3.54. The van der Waals surface area contributed by atoms with E-state index in [1.54, 1.807) is 7.11 Å². The minimum Gasteiger partial charge on any atom is -0.496 e. The van der Waals surface area contributed by atoms with E-state index in [9.17, 15) is 0 Å². The Labute approximate surface area is 135 Å². The summed E-state index contributed by atoms with van der Waals surface area (Å²) in [6.07, 6.45) is 3.55. The molecule has 21 heavy (non-hydrogen) atoms. The van der Waals surface area contributed by atoms with Crippen LogP contribution in [0, 0.1) is 0 Å². The number of unbranched alkanes of at least 4 members (excludes halogenated alkanes) is 1. The Morgan fingerprint density at radius 3 is 2.52 bits per heavy atom. The van der Waals surface area contributed by atoms with Gasteiger partial charge in [-0.05, 0) is 46.1 Å². The highest BCUT2D eigenvalue weighted by atomic mass is 79.9. The first kappa shape index (κ1) is 15.9. The molecule has 0 saturated carbocycles. The third-order valence-corrected chi connectivity index (χ3v) is 4.16. The molecule has 0 aromatic heterocycles. The Kier molecular flexibility index (Phi) is 6.12. The Morgan fingerprint density at radius 2 is 1.90 bits per heavy atom. The van der Waals surface area contributed by atoms with Gasteiger partial charge in [0.05, 0.1) is 17.6 Å². The molecule has 0 radical (unpaired) electrons. The first-order chi connectivity index (χ1) is 10.2. The van der Waals surface area contributed by atoms with Crippen LogP contribution in [0.4, 0.5) is 5.69 Å². The molecule has 2 nitrogen and oxygen atoms in total. The van der Waals surface area contributed by atoms with Gasteiger partial charge in [-0.15, -0.1) is 0 Å². The highest BCUT2D eigenvalue weighted by Gasteiger charge is 2.11. The molecule has 1 unspecified atom stereocenters. The van der Waals surface area contributed by atoms with E-state index in [0.717, 1.165) is 22.3 Å². The maximum atomic E-state index is 5.28. The number of hydrogen-bond acceptors (Lipinski definition) is 2. The zero-order chi connectivity index (χ0) is 15.1. The Balaban J connectivity index is 2.16. The van der Waals surface area contributed by atoms with Crippen LogP contribution < -0.4 is 10.1 Å². The van der Waals surface area contributed by atoms with Gasteiger partial charge in [0.1, 0.15) is 5.75 Å². The molecule has 0 fully saturated rings. The smallest absolute Gasteiger partial charge is 0.133 e. The van der Waals surface area contributed by atoms with Crippen molar-refractivity contribution < 1.29 is 4.74 Å². The molecule has 112 valence electrons. The van der Waals surface area contributed by atoms with Crippen molar-refractivity contribution in [2.45, 2.75) is 32.2 Å². The van der Waals surface area contributed by atoms with E-state index < -0.39 is 0 Å². The molecule has 0 aliphatic rings. The molecule has 0 saturated heterocycles. The summed E-state index contributed by atoms with van der Waals surface area (Å²) in [6, 6.07) is 17.1. The summed E-state index contributed by atoms with van der Waals surface area (Å²) in [6.45, 7) is 2.23. The van der Waals surface area contributed by atoms with E-state index in [1.165, 1.54) is 18.4 Å². The number of ether oxygens (including phenoxy) is 1. The van der Waals surface area contributed by atoms with Crippen molar-refractivity contribution in [1.82, 2.24) is 0 Å². The lowest BCUT2D eigenvalue weighted by atomic mass is 10.0. The van der Waals surface area contributed by atoms with Gasteiger partial charge in [-0.2, -0.15) is 0 Å². The third-order valence-electron chi connectivity index (χ3n) is 3.54. The normalized spacial score (nSPS) is 12.0. The summed E-state index contributed by atoms with van der Waals surface area (Å²) < 4.78 is 6.25. The zero-order valence-corrected chi connectivity index (χ0v) is 14.2. The van der Waals surface area contributed by atoms with E-state index in [0.29, 0.717) is 6.04 Å². The lowest BCUT2D eigenvalue weighted by Crippen LogP contribution is -2.10. The molecule has 0 bridgehead atoms. The quantitative estimate of drug-likeness (QED) is 0.683. The fraction of sp³-hybridized carbons (Fsp3) is 0.333. The van der Waals surface area contributed by atoms with Crippen molar-refractivity contribution in [1.29, 1.82) is 0 Å². The van der Waals surface area contributed by atoms with Crippen molar-refractivity contribution in [2.24, 2.45) is 0 Å². The monoisotopic (exact) mass is 347 g/mol. The first-order valence-electron chi connectivity index (χ1n) is 7.39. The van der Waals surface area contributed by atoms with Crippen LogP contribution in [-0.2, 0) is 0 Å². The van der Waals surface area contributed by atoms with E-state index in [4.69, 9.17) is 4.74 Å². The van der Waals surface area contributed by atoms with E-state index in [2.05, 4.69) is 70.6 Å². The third kappa shape index (κ3) is 4.50. The SMILES string of the molecule is CCCCC(Nc1ccc(OC)c(Br)c1)c1ccccc1. The molecular formula is C18H22BrNO. The number of nitrogens with one attached hydrogen (secondary N) is 1. The van der Waals surface area contributed by atoms with Gasteiger partial charge in [-0.1, -0.05) is 50.1 Å². The molecule has 2 rings (SSSR count). The van der Waals surface area contributed by atoms with Crippen LogP contribution in [0.3, 0.4) is 0 Å². The van der Waals surface area contributed by atoms with Crippen LogP contribution in [0.2, 0.25) is 0 Å². The largest absolute Gasteiger partial charge is 0.496 e. The summed E-state index contributed by atoms with van der Waals surface area (Å²) in [7, 11) is 1.68. The molecule has 1 atom stereocenters.